The average Bonchev–Trinajstić information content (AvgIpc) is 2.93. The molecule has 2 amide bonds. The van der Waals surface area contributed by atoms with Crippen molar-refractivity contribution in [2.24, 2.45) is 11.8 Å². The van der Waals surface area contributed by atoms with Crippen LogP contribution in [-0.2, 0) is 14.3 Å². The molecule has 122 valence electrons. The number of carbonyl (C=O) groups excluding carboxylic acids is 2. The van der Waals surface area contributed by atoms with Crippen LogP contribution in [0, 0.1) is 11.8 Å². The van der Waals surface area contributed by atoms with Crippen molar-refractivity contribution in [2.75, 3.05) is 32.8 Å². The van der Waals surface area contributed by atoms with Crippen LogP contribution in [0.1, 0.15) is 44.9 Å². The van der Waals surface area contributed by atoms with Crippen LogP contribution in [0.4, 0.5) is 0 Å². The Morgan fingerprint density at radius 3 is 2.45 bits per heavy atom. The van der Waals surface area contributed by atoms with Crippen molar-refractivity contribution in [3.63, 3.8) is 0 Å². The van der Waals surface area contributed by atoms with E-state index in [4.69, 9.17) is 4.74 Å². The topological polar surface area (TPSA) is 49.9 Å². The summed E-state index contributed by atoms with van der Waals surface area (Å²) in [5.74, 6) is 1.32. The van der Waals surface area contributed by atoms with E-state index < -0.39 is 5.54 Å². The fraction of sp³-hybridized carbons (Fsp3) is 0.882. The lowest BCUT2D eigenvalue weighted by molar-refractivity contribution is -0.146. The molecule has 2 atom stereocenters. The molecule has 2 unspecified atom stereocenters. The summed E-state index contributed by atoms with van der Waals surface area (Å²) in [7, 11) is 0. The fourth-order valence-corrected chi connectivity index (χ4v) is 4.70. The number of hydrogen-bond acceptors (Lipinski definition) is 3. The number of fused-ring (bicyclic) bond motifs is 1. The van der Waals surface area contributed by atoms with Gasteiger partial charge in [0.15, 0.2) is 0 Å². The molecule has 0 aromatic rings. The van der Waals surface area contributed by atoms with Crippen molar-refractivity contribution in [3.05, 3.63) is 0 Å². The lowest BCUT2D eigenvalue weighted by Gasteiger charge is -2.32. The van der Waals surface area contributed by atoms with Crippen LogP contribution in [0.3, 0.4) is 0 Å². The van der Waals surface area contributed by atoms with Crippen molar-refractivity contribution >= 4 is 11.8 Å². The zero-order valence-electron chi connectivity index (χ0n) is 13.3. The van der Waals surface area contributed by atoms with Crippen molar-refractivity contribution in [1.29, 1.82) is 0 Å². The zero-order chi connectivity index (χ0) is 15.2. The van der Waals surface area contributed by atoms with Gasteiger partial charge in [-0.1, -0.05) is 0 Å². The molecule has 0 aromatic heterocycles. The molecule has 5 nitrogen and oxygen atoms in total. The Labute approximate surface area is 132 Å². The Kier molecular flexibility index (Phi) is 3.63. The maximum absolute atomic E-state index is 12.9. The van der Waals surface area contributed by atoms with Gasteiger partial charge in [-0.3, -0.25) is 9.59 Å². The molecule has 1 saturated carbocycles. The summed E-state index contributed by atoms with van der Waals surface area (Å²) in [4.78, 5) is 29.7. The van der Waals surface area contributed by atoms with Crippen LogP contribution in [0.2, 0.25) is 0 Å². The molecule has 0 bridgehead atoms. The molecule has 4 fully saturated rings. The Hall–Kier alpha value is -1.10. The number of carbonyl (C=O) groups is 2. The van der Waals surface area contributed by atoms with Gasteiger partial charge < -0.3 is 14.5 Å². The molecular weight excluding hydrogens is 280 g/mol. The number of likely N-dealkylation sites (tertiary alicyclic amines) is 2. The highest BCUT2D eigenvalue weighted by atomic mass is 16.5. The van der Waals surface area contributed by atoms with Gasteiger partial charge in [0.2, 0.25) is 11.8 Å². The van der Waals surface area contributed by atoms with E-state index in [2.05, 4.69) is 0 Å². The largest absolute Gasteiger partial charge is 0.381 e. The van der Waals surface area contributed by atoms with Crippen molar-refractivity contribution < 1.29 is 14.3 Å². The zero-order valence-corrected chi connectivity index (χ0v) is 13.3. The van der Waals surface area contributed by atoms with E-state index in [1.165, 1.54) is 0 Å². The maximum Gasteiger partial charge on any atom is 0.248 e. The Balaban J connectivity index is 1.44. The van der Waals surface area contributed by atoms with E-state index >= 15 is 0 Å². The van der Waals surface area contributed by atoms with Gasteiger partial charge in [0, 0.05) is 39.3 Å². The van der Waals surface area contributed by atoms with Crippen molar-refractivity contribution in [1.82, 2.24) is 9.80 Å². The maximum atomic E-state index is 12.9. The summed E-state index contributed by atoms with van der Waals surface area (Å²) in [6, 6.07) is 0. The first-order chi connectivity index (χ1) is 10.7. The van der Waals surface area contributed by atoms with Crippen LogP contribution in [0.15, 0.2) is 0 Å². The Morgan fingerprint density at radius 1 is 1.05 bits per heavy atom. The summed E-state index contributed by atoms with van der Waals surface area (Å²) in [5.41, 5.74) is -0.438. The molecule has 0 spiro atoms. The van der Waals surface area contributed by atoms with Gasteiger partial charge in [-0.15, -0.1) is 0 Å². The molecule has 22 heavy (non-hydrogen) atoms. The fourth-order valence-electron chi connectivity index (χ4n) is 4.70. The molecule has 5 heteroatoms. The number of nitrogens with zero attached hydrogens (tertiary/aromatic N) is 2. The molecular formula is C17H26N2O3. The number of rotatable bonds is 3. The monoisotopic (exact) mass is 306 g/mol. The summed E-state index contributed by atoms with van der Waals surface area (Å²) in [6.45, 7) is 4.10. The first-order valence-corrected chi connectivity index (χ1v) is 8.89. The predicted molar refractivity (Wildman–Crippen MR) is 81.1 cm³/mol. The van der Waals surface area contributed by atoms with Gasteiger partial charge in [0.25, 0.3) is 0 Å². The second kappa shape index (κ2) is 5.52. The van der Waals surface area contributed by atoms with Crippen LogP contribution >= 0.6 is 0 Å². The van der Waals surface area contributed by atoms with Crippen LogP contribution < -0.4 is 0 Å². The highest BCUT2D eigenvalue weighted by Gasteiger charge is 2.69. The van der Waals surface area contributed by atoms with Crippen molar-refractivity contribution in [3.8, 4) is 0 Å². The highest BCUT2D eigenvalue weighted by Crippen LogP contribution is 2.57. The first kappa shape index (κ1) is 14.5. The van der Waals surface area contributed by atoms with E-state index in [0.717, 1.165) is 71.4 Å². The lowest BCUT2D eigenvalue weighted by atomic mass is 9.95. The predicted octanol–water partition coefficient (Wildman–Crippen LogP) is 1.42. The number of piperidine rings is 1. The van der Waals surface area contributed by atoms with Gasteiger partial charge in [-0.2, -0.15) is 0 Å². The molecule has 1 aliphatic carbocycles. The van der Waals surface area contributed by atoms with E-state index in [9.17, 15) is 9.59 Å². The first-order valence-electron chi connectivity index (χ1n) is 8.89. The van der Waals surface area contributed by atoms with Crippen LogP contribution in [0.5, 0.6) is 0 Å². The number of ether oxygens (including phenoxy) is 1. The van der Waals surface area contributed by atoms with Gasteiger partial charge in [-0.05, 0) is 50.4 Å². The van der Waals surface area contributed by atoms with E-state index in [-0.39, 0.29) is 11.8 Å². The van der Waals surface area contributed by atoms with Gasteiger partial charge in [0.1, 0.15) is 5.54 Å². The van der Waals surface area contributed by atoms with Gasteiger partial charge >= 0.3 is 0 Å². The minimum Gasteiger partial charge on any atom is -0.381 e. The summed E-state index contributed by atoms with van der Waals surface area (Å²) in [5, 5.41) is 0. The molecule has 0 radical (unpaired) electrons. The van der Waals surface area contributed by atoms with Crippen LogP contribution in [0.25, 0.3) is 0 Å². The third kappa shape index (κ3) is 2.25. The SMILES string of the molecule is O=C(CC1CCOCC1)N1CCC2CC21C(=O)N1CCCC1. The summed E-state index contributed by atoms with van der Waals surface area (Å²) in [6.07, 6.45) is 6.71. The molecule has 0 aromatic carbocycles. The van der Waals surface area contributed by atoms with E-state index in [1.54, 1.807) is 0 Å². The van der Waals surface area contributed by atoms with Gasteiger partial charge in [0.05, 0.1) is 0 Å². The molecule has 3 saturated heterocycles. The summed E-state index contributed by atoms with van der Waals surface area (Å²) < 4.78 is 5.38. The van der Waals surface area contributed by atoms with E-state index in [1.807, 2.05) is 9.80 Å². The van der Waals surface area contributed by atoms with Crippen LogP contribution in [-0.4, -0.2) is 60.0 Å². The van der Waals surface area contributed by atoms with Gasteiger partial charge in [-0.25, -0.2) is 0 Å². The smallest absolute Gasteiger partial charge is 0.248 e. The summed E-state index contributed by atoms with van der Waals surface area (Å²) >= 11 is 0. The highest BCUT2D eigenvalue weighted by molar-refractivity contribution is 5.95. The third-order valence-electron chi connectivity index (χ3n) is 6.12. The third-order valence-corrected chi connectivity index (χ3v) is 6.12. The minimum atomic E-state index is -0.438. The normalized spacial score (nSPS) is 34.8. The number of amides is 2. The second-order valence-corrected chi connectivity index (χ2v) is 7.42. The molecule has 0 N–H and O–H groups in total. The minimum absolute atomic E-state index is 0.208. The molecule has 4 aliphatic rings. The quantitative estimate of drug-likeness (QED) is 0.792. The standard InChI is InChI=1S/C17H26N2O3/c20-15(11-13-4-9-22-10-5-13)19-8-3-14-12-17(14,19)16(21)18-6-1-2-7-18/h13-14H,1-12H2. The van der Waals surface area contributed by atoms with Crippen molar-refractivity contribution in [2.45, 2.75) is 50.5 Å². The second-order valence-electron chi connectivity index (χ2n) is 7.42. The molecule has 3 aliphatic heterocycles. The Morgan fingerprint density at radius 2 is 1.77 bits per heavy atom. The molecule has 4 rings (SSSR count). The lowest BCUT2D eigenvalue weighted by Crippen LogP contribution is -2.51. The Bertz CT molecular complexity index is 469. The average molecular weight is 306 g/mol. The molecule has 3 heterocycles. The van der Waals surface area contributed by atoms with E-state index in [0.29, 0.717) is 18.3 Å². The number of hydrogen-bond donors (Lipinski definition) is 0.